The number of rotatable bonds is 8. The summed E-state index contributed by atoms with van der Waals surface area (Å²) in [5.74, 6) is 0.596. The molecule has 1 heterocycles. The molecule has 0 fully saturated rings. The van der Waals surface area contributed by atoms with E-state index in [2.05, 4.69) is 15.4 Å². The zero-order valence-electron chi connectivity index (χ0n) is 17.9. The molecule has 10 heteroatoms. The maximum atomic E-state index is 12.1. The summed E-state index contributed by atoms with van der Waals surface area (Å²) in [6.07, 6.45) is -0.375. The molecule has 3 aromatic carbocycles. The highest BCUT2D eigenvalue weighted by Gasteiger charge is 2.11. The number of aromatic hydroxyl groups is 1. The number of nitrogens with zero attached hydrogens (tertiary/aromatic N) is 4. The largest absolute Gasteiger partial charge is 0.519 e. The Bertz CT molecular complexity index is 1240. The lowest BCUT2D eigenvalue weighted by Crippen LogP contribution is -2.14. The van der Waals surface area contributed by atoms with Crippen LogP contribution in [0.2, 0.25) is 0 Å². The lowest BCUT2D eigenvalue weighted by Gasteiger charge is -2.07. The number of hydrogen-bond donors (Lipinski definition) is 1. The smallest absolute Gasteiger partial charge is 0.508 e. The quantitative estimate of drug-likeness (QED) is 0.311. The molecule has 0 saturated heterocycles. The molecule has 0 radical (unpaired) electrons. The SMILES string of the molecule is O=C(Cc1ccc(OC(=O)Oc2ccc(O)cc2)cc1)OCn1nnc(Cc2ccccc2)n1. The van der Waals surface area contributed by atoms with E-state index >= 15 is 0 Å². The number of phenolic OH excluding ortho intramolecular Hbond substituents is 1. The Hall–Kier alpha value is -4.73. The van der Waals surface area contributed by atoms with Gasteiger partial charge >= 0.3 is 12.1 Å². The number of carbonyl (C=O) groups excluding carboxylic acids is 2. The summed E-state index contributed by atoms with van der Waals surface area (Å²) in [5, 5.41) is 21.3. The monoisotopic (exact) mass is 460 g/mol. The molecular weight excluding hydrogens is 440 g/mol. The molecule has 0 spiro atoms. The van der Waals surface area contributed by atoms with Crippen LogP contribution in [0.3, 0.4) is 0 Å². The van der Waals surface area contributed by atoms with Gasteiger partial charge < -0.3 is 19.3 Å². The molecule has 0 aliphatic carbocycles. The van der Waals surface area contributed by atoms with E-state index in [-0.39, 0.29) is 30.4 Å². The van der Waals surface area contributed by atoms with Gasteiger partial charge in [-0.3, -0.25) is 4.79 Å². The molecule has 0 atom stereocenters. The van der Waals surface area contributed by atoms with Gasteiger partial charge in [-0.15, -0.1) is 15.0 Å². The average Bonchev–Trinajstić information content (AvgIpc) is 3.28. The number of phenols is 1. The first-order chi connectivity index (χ1) is 16.5. The van der Waals surface area contributed by atoms with E-state index in [1.54, 1.807) is 12.1 Å². The number of aromatic nitrogens is 4. The van der Waals surface area contributed by atoms with Crippen LogP contribution in [0, 0.1) is 0 Å². The molecule has 0 saturated carbocycles. The van der Waals surface area contributed by atoms with Crippen LogP contribution < -0.4 is 9.47 Å². The minimum Gasteiger partial charge on any atom is -0.508 e. The van der Waals surface area contributed by atoms with Crippen LogP contribution in [0.25, 0.3) is 0 Å². The van der Waals surface area contributed by atoms with E-state index in [0.717, 1.165) is 5.56 Å². The highest BCUT2D eigenvalue weighted by atomic mass is 16.7. The number of esters is 1. The molecule has 4 aromatic rings. The topological polar surface area (TPSA) is 126 Å². The summed E-state index contributed by atoms with van der Waals surface area (Å²) in [5.41, 5.74) is 1.72. The van der Waals surface area contributed by atoms with E-state index in [4.69, 9.17) is 14.2 Å². The van der Waals surface area contributed by atoms with Gasteiger partial charge in [-0.1, -0.05) is 42.5 Å². The van der Waals surface area contributed by atoms with Crippen LogP contribution in [0.1, 0.15) is 17.0 Å². The van der Waals surface area contributed by atoms with E-state index in [0.29, 0.717) is 17.8 Å². The third-order valence-electron chi connectivity index (χ3n) is 4.55. The average molecular weight is 460 g/mol. The summed E-state index contributed by atoms with van der Waals surface area (Å²) in [6.45, 7) is -0.148. The van der Waals surface area contributed by atoms with Gasteiger partial charge in [0.2, 0.25) is 6.73 Å². The fraction of sp³-hybridized carbons (Fsp3) is 0.125. The Kier molecular flexibility index (Phi) is 7.09. The second-order valence-corrected chi connectivity index (χ2v) is 7.15. The van der Waals surface area contributed by atoms with E-state index < -0.39 is 12.1 Å². The third kappa shape index (κ3) is 6.63. The number of carbonyl (C=O) groups is 2. The van der Waals surface area contributed by atoms with E-state index in [1.165, 1.54) is 41.2 Å². The first kappa shape index (κ1) is 22.5. The van der Waals surface area contributed by atoms with Gasteiger partial charge in [0.25, 0.3) is 0 Å². The van der Waals surface area contributed by atoms with Gasteiger partial charge in [-0.2, -0.15) is 0 Å². The molecular formula is C24H20N4O6. The normalized spacial score (nSPS) is 10.5. The van der Waals surface area contributed by atoms with Crippen LogP contribution in [0.4, 0.5) is 4.79 Å². The zero-order valence-corrected chi connectivity index (χ0v) is 17.9. The van der Waals surface area contributed by atoms with Crippen LogP contribution in [-0.2, 0) is 29.1 Å². The first-order valence-electron chi connectivity index (χ1n) is 10.3. The second kappa shape index (κ2) is 10.7. The Morgan fingerprint density at radius 3 is 2.15 bits per heavy atom. The zero-order chi connectivity index (χ0) is 23.8. The number of tetrazole rings is 1. The van der Waals surface area contributed by atoms with Crippen molar-refractivity contribution in [3.63, 3.8) is 0 Å². The number of ether oxygens (including phenoxy) is 3. The molecule has 1 N–H and O–H groups in total. The lowest BCUT2D eigenvalue weighted by atomic mass is 10.1. The van der Waals surface area contributed by atoms with Gasteiger partial charge in [0, 0.05) is 6.42 Å². The van der Waals surface area contributed by atoms with Crippen molar-refractivity contribution in [3.8, 4) is 17.2 Å². The maximum absolute atomic E-state index is 12.1. The van der Waals surface area contributed by atoms with Crippen molar-refractivity contribution in [3.05, 3.63) is 95.8 Å². The minimum atomic E-state index is -0.926. The van der Waals surface area contributed by atoms with Crippen LogP contribution in [0.5, 0.6) is 17.2 Å². The highest BCUT2D eigenvalue weighted by Crippen LogP contribution is 2.18. The van der Waals surface area contributed by atoms with Crippen LogP contribution in [-0.4, -0.2) is 37.4 Å². The molecule has 0 aliphatic heterocycles. The molecule has 4 rings (SSSR count). The molecule has 0 bridgehead atoms. The summed E-state index contributed by atoms with van der Waals surface area (Å²) in [4.78, 5) is 25.2. The maximum Gasteiger partial charge on any atom is 0.519 e. The van der Waals surface area contributed by atoms with Gasteiger partial charge in [0.05, 0.1) is 6.42 Å². The van der Waals surface area contributed by atoms with Crippen molar-refractivity contribution in [2.75, 3.05) is 0 Å². The highest BCUT2D eigenvalue weighted by molar-refractivity contribution is 5.72. The molecule has 34 heavy (non-hydrogen) atoms. The van der Waals surface area contributed by atoms with Gasteiger partial charge in [-0.05, 0) is 52.7 Å². The van der Waals surface area contributed by atoms with E-state index in [9.17, 15) is 14.7 Å². The van der Waals surface area contributed by atoms with Crippen LogP contribution >= 0.6 is 0 Å². The molecule has 1 aromatic heterocycles. The Morgan fingerprint density at radius 1 is 0.824 bits per heavy atom. The lowest BCUT2D eigenvalue weighted by molar-refractivity contribution is -0.147. The summed E-state index contributed by atoms with van der Waals surface area (Å²) in [6, 6.07) is 21.7. The first-order valence-corrected chi connectivity index (χ1v) is 10.3. The fourth-order valence-electron chi connectivity index (χ4n) is 2.93. The minimum absolute atomic E-state index is 0.0177. The Morgan fingerprint density at radius 2 is 1.47 bits per heavy atom. The molecule has 0 unspecified atom stereocenters. The number of benzene rings is 3. The second-order valence-electron chi connectivity index (χ2n) is 7.15. The van der Waals surface area contributed by atoms with Gasteiger partial charge in [-0.25, -0.2) is 4.79 Å². The summed E-state index contributed by atoms with van der Waals surface area (Å²) < 4.78 is 15.3. The van der Waals surface area contributed by atoms with Crippen molar-refractivity contribution in [1.29, 1.82) is 0 Å². The summed E-state index contributed by atoms with van der Waals surface area (Å²) in [7, 11) is 0. The van der Waals surface area contributed by atoms with Crippen molar-refractivity contribution < 1.29 is 28.9 Å². The van der Waals surface area contributed by atoms with Crippen molar-refractivity contribution in [1.82, 2.24) is 20.2 Å². The molecule has 172 valence electrons. The van der Waals surface area contributed by atoms with Crippen molar-refractivity contribution in [2.24, 2.45) is 0 Å². The van der Waals surface area contributed by atoms with Gasteiger partial charge in [0.15, 0.2) is 5.82 Å². The molecule has 10 nitrogen and oxygen atoms in total. The third-order valence-corrected chi connectivity index (χ3v) is 4.55. The van der Waals surface area contributed by atoms with Crippen molar-refractivity contribution >= 4 is 12.1 Å². The standard InChI is InChI=1S/C24H20N4O6/c29-19-8-12-21(13-9-19)34-24(31)33-20-10-6-18(7-11-20)15-23(30)32-16-28-26-22(25-27-28)14-17-4-2-1-3-5-17/h1-13,29H,14-16H2. The number of hydrogen-bond acceptors (Lipinski definition) is 9. The fourth-order valence-corrected chi connectivity index (χ4v) is 2.93. The predicted octanol–water partition coefficient (Wildman–Crippen LogP) is 3.29. The van der Waals surface area contributed by atoms with Crippen LogP contribution in [0.15, 0.2) is 78.9 Å². The molecule has 0 amide bonds. The Labute approximate surface area is 194 Å². The summed E-state index contributed by atoms with van der Waals surface area (Å²) >= 11 is 0. The molecule has 0 aliphatic rings. The van der Waals surface area contributed by atoms with E-state index in [1.807, 2.05) is 30.3 Å². The van der Waals surface area contributed by atoms with Gasteiger partial charge in [0.1, 0.15) is 17.2 Å². The predicted molar refractivity (Wildman–Crippen MR) is 118 cm³/mol. The van der Waals surface area contributed by atoms with Crippen molar-refractivity contribution in [2.45, 2.75) is 19.6 Å². The Balaban J connectivity index is 1.21.